The summed E-state index contributed by atoms with van der Waals surface area (Å²) in [5.41, 5.74) is 0.450. The van der Waals surface area contributed by atoms with Crippen molar-refractivity contribution in [3.63, 3.8) is 0 Å². The fraction of sp³-hybridized carbons (Fsp3) is 0.133. The molecule has 2 rings (SSSR count). The molecule has 0 bridgehead atoms. The number of amides is 1. The Labute approximate surface area is 142 Å². The molecule has 23 heavy (non-hydrogen) atoms. The molecule has 0 aliphatic rings. The smallest absolute Gasteiger partial charge is 0.240 e. The van der Waals surface area contributed by atoms with E-state index in [2.05, 4.69) is 26.0 Å². The standard InChI is InChI=1S/C15H14BrFN2O3S/c16-11-2-1-3-14(10-11)23(21,22)18-9-8-15(20)19-13-6-4-12(17)5-7-13/h1-7,10,18H,8-9H2,(H,19,20). The highest BCUT2D eigenvalue weighted by Crippen LogP contribution is 2.15. The lowest BCUT2D eigenvalue weighted by molar-refractivity contribution is -0.116. The van der Waals surface area contributed by atoms with Gasteiger partial charge in [0.25, 0.3) is 0 Å². The van der Waals surface area contributed by atoms with Crippen molar-refractivity contribution in [3.8, 4) is 0 Å². The first-order valence-corrected chi connectivity index (χ1v) is 8.95. The summed E-state index contributed by atoms with van der Waals surface area (Å²) in [4.78, 5) is 11.8. The van der Waals surface area contributed by atoms with E-state index in [0.29, 0.717) is 10.2 Å². The van der Waals surface area contributed by atoms with Crippen molar-refractivity contribution in [3.05, 3.63) is 58.8 Å². The van der Waals surface area contributed by atoms with Gasteiger partial charge in [-0.3, -0.25) is 4.79 Å². The van der Waals surface area contributed by atoms with E-state index in [1.54, 1.807) is 12.1 Å². The maximum atomic E-state index is 12.8. The Hall–Kier alpha value is -1.77. The number of sulfonamides is 1. The lowest BCUT2D eigenvalue weighted by atomic mass is 10.3. The van der Waals surface area contributed by atoms with Crippen LogP contribution in [0.1, 0.15) is 6.42 Å². The zero-order chi connectivity index (χ0) is 16.9. The van der Waals surface area contributed by atoms with E-state index in [4.69, 9.17) is 0 Å². The van der Waals surface area contributed by atoms with Crippen LogP contribution in [0.15, 0.2) is 57.9 Å². The van der Waals surface area contributed by atoms with Gasteiger partial charge in [0.2, 0.25) is 15.9 Å². The molecule has 0 saturated heterocycles. The zero-order valence-corrected chi connectivity index (χ0v) is 14.3. The van der Waals surface area contributed by atoms with Crippen LogP contribution in [0.3, 0.4) is 0 Å². The molecule has 2 N–H and O–H groups in total. The highest BCUT2D eigenvalue weighted by atomic mass is 79.9. The van der Waals surface area contributed by atoms with Gasteiger partial charge < -0.3 is 5.32 Å². The van der Waals surface area contributed by atoms with E-state index in [1.165, 1.54) is 36.4 Å². The Bertz CT molecular complexity index is 795. The molecule has 122 valence electrons. The van der Waals surface area contributed by atoms with Crippen molar-refractivity contribution in [2.45, 2.75) is 11.3 Å². The lowest BCUT2D eigenvalue weighted by Gasteiger charge is -2.08. The highest BCUT2D eigenvalue weighted by Gasteiger charge is 2.14. The minimum absolute atomic E-state index is 0.0371. The van der Waals surface area contributed by atoms with Crippen molar-refractivity contribution < 1.29 is 17.6 Å². The summed E-state index contributed by atoms with van der Waals surface area (Å²) in [6, 6.07) is 11.6. The van der Waals surface area contributed by atoms with Crippen LogP contribution >= 0.6 is 15.9 Å². The summed E-state index contributed by atoms with van der Waals surface area (Å²) >= 11 is 3.21. The Morgan fingerprint density at radius 1 is 1.13 bits per heavy atom. The normalized spacial score (nSPS) is 11.2. The molecule has 0 radical (unpaired) electrons. The molecule has 2 aromatic rings. The van der Waals surface area contributed by atoms with Crippen LogP contribution in [0.25, 0.3) is 0 Å². The predicted octanol–water partition coefficient (Wildman–Crippen LogP) is 2.90. The van der Waals surface area contributed by atoms with Gasteiger partial charge in [0, 0.05) is 23.1 Å². The van der Waals surface area contributed by atoms with E-state index >= 15 is 0 Å². The van der Waals surface area contributed by atoms with Gasteiger partial charge >= 0.3 is 0 Å². The van der Waals surface area contributed by atoms with Crippen molar-refractivity contribution in [1.82, 2.24) is 4.72 Å². The van der Waals surface area contributed by atoms with Crippen LogP contribution in [0, 0.1) is 5.82 Å². The van der Waals surface area contributed by atoms with Crippen LogP contribution in [-0.2, 0) is 14.8 Å². The number of halogens is 2. The number of anilines is 1. The summed E-state index contributed by atoms with van der Waals surface area (Å²) < 4.78 is 39.9. The molecule has 8 heteroatoms. The number of benzene rings is 2. The van der Waals surface area contributed by atoms with Gasteiger partial charge in [-0.15, -0.1) is 0 Å². The number of hydrogen-bond donors (Lipinski definition) is 2. The monoisotopic (exact) mass is 400 g/mol. The van der Waals surface area contributed by atoms with Gasteiger partial charge in [0.1, 0.15) is 5.82 Å². The van der Waals surface area contributed by atoms with E-state index in [0.717, 1.165) is 0 Å². The average molecular weight is 401 g/mol. The first-order chi connectivity index (χ1) is 10.9. The van der Waals surface area contributed by atoms with Gasteiger partial charge in [0.15, 0.2) is 0 Å². The van der Waals surface area contributed by atoms with Gasteiger partial charge in [0.05, 0.1) is 4.90 Å². The van der Waals surface area contributed by atoms with E-state index < -0.39 is 15.8 Å². The molecule has 1 amide bonds. The molecule has 5 nitrogen and oxygen atoms in total. The first-order valence-electron chi connectivity index (χ1n) is 6.67. The van der Waals surface area contributed by atoms with E-state index in [9.17, 15) is 17.6 Å². The number of carbonyl (C=O) groups excluding carboxylic acids is 1. The van der Waals surface area contributed by atoms with E-state index in [1.807, 2.05) is 0 Å². The Kier molecular flexibility index (Phi) is 5.86. The summed E-state index contributed by atoms with van der Waals surface area (Å²) in [5.74, 6) is -0.765. The molecule has 0 spiro atoms. The molecule has 0 aliphatic heterocycles. The first kappa shape index (κ1) is 17.6. The second-order valence-corrected chi connectivity index (χ2v) is 7.34. The molecule has 2 aromatic carbocycles. The molecular weight excluding hydrogens is 387 g/mol. The van der Waals surface area contributed by atoms with Crippen molar-refractivity contribution in [2.75, 3.05) is 11.9 Å². The number of hydrogen-bond acceptors (Lipinski definition) is 3. The highest BCUT2D eigenvalue weighted by molar-refractivity contribution is 9.10. The van der Waals surface area contributed by atoms with Crippen LogP contribution in [0.2, 0.25) is 0 Å². The molecule has 0 saturated carbocycles. The number of rotatable bonds is 6. The van der Waals surface area contributed by atoms with Gasteiger partial charge in [-0.1, -0.05) is 22.0 Å². The van der Waals surface area contributed by atoms with Crippen LogP contribution in [0.5, 0.6) is 0 Å². The Morgan fingerprint density at radius 2 is 1.83 bits per heavy atom. The molecule has 0 unspecified atom stereocenters. The van der Waals surface area contributed by atoms with E-state index in [-0.39, 0.29) is 23.8 Å². The fourth-order valence-electron chi connectivity index (χ4n) is 1.77. The fourth-order valence-corrected chi connectivity index (χ4v) is 3.40. The third-order valence-corrected chi connectivity index (χ3v) is 4.83. The summed E-state index contributed by atoms with van der Waals surface area (Å²) in [5, 5.41) is 2.56. The van der Waals surface area contributed by atoms with Crippen molar-refractivity contribution in [2.24, 2.45) is 0 Å². The van der Waals surface area contributed by atoms with Gasteiger partial charge in [-0.2, -0.15) is 0 Å². The molecule has 0 fully saturated rings. The SMILES string of the molecule is O=C(CCNS(=O)(=O)c1cccc(Br)c1)Nc1ccc(F)cc1. The minimum Gasteiger partial charge on any atom is -0.326 e. The Morgan fingerprint density at radius 3 is 2.48 bits per heavy atom. The third-order valence-electron chi connectivity index (χ3n) is 2.88. The third kappa shape index (κ3) is 5.42. The second kappa shape index (κ2) is 7.67. The summed E-state index contributed by atoms with van der Waals surface area (Å²) in [6.07, 6.45) is -0.0371. The van der Waals surface area contributed by atoms with Crippen molar-refractivity contribution >= 4 is 37.5 Å². The topological polar surface area (TPSA) is 75.3 Å². The molecule has 0 aliphatic carbocycles. The maximum Gasteiger partial charge on any atom is 0.240 e. The van der Waals surface area contributed by atoms with Gasteiger partial charge in [-0.25, -0.2) is 17.5 Å². The largest absolute Gasteiger partial charge is 0.326 e. The lowest BCUT2D eigenvalue weighted by Crippen LogP contribution is -2.27. The maximum absolute atomic E-state index is 12.8. The molecule has 0 aromatic heterocycles. The minimum atomic E-state index is -3.67. The molecule has 0 atom stereocenters. The van der Waals surface area contributed by atoms with Gasteiger partial charge in [-0.05, 0) is 42.5 Å². The molecule has 0 heterocycles. The average Bonchev–Trinajstić information content (AvgIpc) is 2.49. The molecular formula is C15H14BrFN2O3S. The van der Waals surface area contributed by atoms with Crippen molar-refractivity contribution in [1.29, 1.82) is 0 Å². The zero-order valence-electron chi connectivity index (χ0n) is 11.9. The number of carbonyl (C=O) groups is 1. The summed E-state index contributed by atoms with van der Waals surface area (Å²) in [7, 11) is -3.67. The quantitative estimate of drug-likeness (QED) is 0.782. The summed E-state index contributed by atoms with van der Waals surface area (Å²) in [6.45, 7) is -0.0398. The number of nitrogens with one attached hydrogen (secondary N) is 2. The Balaban J connectivity index is 1.86. The predicted molar refractivity (Wildman–Crippen MR) is 89.0 cm³/mol. The van der Waals surface area contributed by atoms with Crippen LogP contribution < -0.4 is 10.0 Å². The van der Waals surface area contributed by atoms with Crippen LogP contribution in [-0.4, -0.2) is 20.9 Å². The second-order valence-electron chi connectivity index (χ2n) is 4.66. The van der Waals surface area contributed by atoms with Crippen LogP contribution in [0.4, 0.5) is 10.1 Å².